The van der Waals surface area contributed by atoms with Crippen molar-refractivity contribution in [2.24, 2.45) is 5.92 Å². The summed E-state index contributed by atoms with van der Waals surface area (Å²) >= 11 is 0. The smallest absolute Gasteiger partial charge is 0.408 e. The highest BCUT2D eigenvalue weighted by atomic mass is 16.6. The Hall–Kier alpha value is -1.10. The van der Waals surface area contributed by atoms with E-state index in [0.717, 1.165) is 6.54 Å². The minimum absolute atomic E-state index is 0.0348. The molecule has 1 fully saturated rings. The van der Waals surface area contributed by atoms with Crippen molar-refractivity contribution in [3.8, 4) is 0 Å². The minimum Gasteiger partial charge on any atom is -0.444 e. The number of carbonyl (C=O) groups excluding carboxylic acids is 2. The maximum absolute atomic E-state index is 11.9. The van der Waals surface area contributed by atoms with Crippen molar-refractivity contribution in [1.82, 2.24) is 10.6 Å². The Bertz CT molecular complexity index is 336. The maximum atomic E-state index is 11.9. The average Bonchev–Trinajstić information content (AvgIpc) is 2.13. The second-order valence-electron chi connectivity index (χ2n) is 6.21. The molecule has 0 unspecified atom stereocenters. The molecular weight excluding hydrogens is 232 g/mol. The highest BCUT2D eigenvalue weighted by Gasteiger charge is 2.41. The van der Waals surface area contributed by atoms with Crippen molar-refractivity contribution in [1.29, 1.82) is 0 Å². The Morgan fingerprint density at radius 2 is 2.00 bits per heavy atom. The molecule has 104 valence electrons. The van der Waals surface area contributed by atoms with E-state index in [-0.39, 0.29) is 5.78 Å². The van der Waals surface area contributed by atoms with Crippen molar-refractivity contribution < 1.29 is 14.3 Å². The number of ether oxygens (including phenoxy) is 1. The standard InChI is InChI=1S/C13H24N2O3/c1-9-6-13(10(2)16,8-14-7-9)15-11(17)18-12(3,4)5/h9,14H,6-8H2,1-5H3,(H,15,17)/t9-,13-/m1/s1. The van der Waals surface area contributed by atoms with Crippen LogP contribution in [0.2, 0.25) is 0 Å². The van der Waals surface area contributed by atoms with E-state index in [4.69, 9.17) is 4.74 Å². The van der Waals surface area contributed by atoms with Crippen molar-refractivity contribution in [3.63, 3.8) is 0 Å². The van der Waals surface area contributed by atoms with Gasteiger partial charge in [-0.05, 0) is 46.6 Å². The molecule has 2 atom stereocenters. The van der Waals surface area contributed by atoms with E-state index in [0.29, 0.717) is 18.9 Å². The largest absolute Gasteiger partial charge is 0.444 e. The third kappa shape index (κ3) is 3.98. The number of carbonyl (C=O) groups is 2. The molecule has 0 aromatic carbocycles. The van der Waals surface area contributed by atoms with Crippen LogP contribution in [0.1, 0.15) is 41.0 Å². The molecule has 1 aliphatic rings. The van der Waals surface area contributed by atoms with E-state index in [1.54, 1.807) is 20.8 Å². The van der Waals surface area contributed by atoms with E-state index in [9.17, 15) is 9.59 Å². The SMILES string of the molecule is CC(=O)[C@]1(NC(=O)OC(C)(C)C)CNC[C@H](C)C1. The van der Waals surface area contributed by atoms with Crippen molar-refractivity contribution >= 4 is 11.9 Å². The molecule has 0 bridgehead atoms. The molecule has 5 heteroatoms. The quantitative estimate of drug-likeness (QED) is 0.785. The number of Topliss-reactive ketones (excluding diaryl/α,β-unsaturated/α-hetero) is 1. The zero-order chi connectivity index (χ0) is 14.0. The van der Waals surface area contributed by atoms with E-state index in [2.05, 4.69) is 17.6 Å². The molecule has 1 saturated heterocycles. The van der Waals surface area contributed by atoms with E-state index < -0.39 is 17.2 Å². The van der Waals surface area contributed by atoms with Crippen molar-refractivity contribution in [2.75, 3.05) is 13.1 Å². The molecule has 0 aliphatic carbocycles. The molecule has 5 nitrogen and oxygen atoms in total. The van der Waals surface area contributed by atoms with Crippen LogP contribution < -0.4 is 10.6 Å². The van der Waals surface area contributed by atoms with Gasteiger partial charge in [-0.15, -0.1) is 0 Å². The first kappa shape index (κ1) is 15.0. The molecule has 0 radical (unpaired) electrons. The summed E-state index contributed by atoms with van der Waals surface area (Å²) in [6.07, 6.45) is 0.114. The van der Waals surface area contributed by atoms with Gasteiger partial charge in [-0.3, -0.25) is 4.79 Å². The monoisotopic (exact) mass is 256 g/mol. The summed E-state index contributed by atoms with van der Waals surface area (Å²) in [6, 6.07) is 0. The molecular formula is C13H24N2O3. The highest BCUT2D eigenvalue weighted by Crippen LogP contribution is 2.22. The minimum atomic E-state index is -0.833. The number of hydrogen-bond acceptors (Lipinski definition) is 4. The second-order valence-corrected chi connectivity index (χ2v) is 6.21. The van der Waals surface area contributed by atoms with Crippen LogP contribution in [0.3, 0.4) is 0 Å². The van der Waals surface area contributed by atoms with Gasteiger partial charge in [0.25, 0.3) is 0 Å². The molecule has 1 aliphatic heterocycles. The fourth-order valence-corrected chi connectivity index (χ4v) is 2.22. The van der Waals surface area contributed by atoms with Crippen LogP contribution in [-0.2, 0) is 9.53 Å². The summed E-state index contributed by atoms with van der Waals surface area (Å²) in [5.41, 5.74) is -1.39. The lowest BCUT2D eigenvalue weighted by molar-refractivity contribution is -0.124. The average molecular weight is 256 g/mol. The zero-order valence-electron chi connectivity index (χ0n) is 11.9. The lowest BCUT2D eigenvalue weighted by atomic mass is 9.82. The third-order valence-electron chi connectivity index (χ3n) is 3.03. The van der Waals surface area contributed by atoms with Gasteiger partial charge >= 0.3 is 6.09 Å². The molecule has 18 heavy (non-hydrogen) atoms. The lowest BCUT2D eigenvalue weighted by Crippen LogP contribution is -2.63. The summed E-state index contributed by atoms with van der Waals surface area (Å²) in [6.45, 7) is 10.3. The first-order chi connectivity index (χ1) is 8.15. The Labute approximate surface area is 109 Å². The lowest BCUT2D eigenvalue weighted by Gasteiger charge is -2.39. The number of piperidine rings is 1. The van der Waals surface area contributed by atoms with Gasteiger partial charge in [-0.25, -0.2) is 4.79 Å². The van der Waals surface area contributed by atoms with E-state index >= 15 is 0 Å². The highest BCUT2D eigenvalue weighted by molar-refractivity contribution is 5.90. The second kappa shape index (κ2) is 5.26. The predicted molar refractivity (Wildman–Crippen MR) is 69.4 cm³/mol. The van der Waals surface area contributed by atoms with Gasteiger partial charge in [-0.1, -0.05) is 6.92 Å². The van der Waals surface area contributed by atoms with Gasteiger partial charge in [0.2, 0.25) is 0 Å². The van der Waals surface area contributed by atoms with Gasteiger partial charge in [0, 0.05) is 6.54 Å². The zero-order valence-corrected chi connectivity index (χ0v) is 11.9. The summed E-state index contributed by atoms with van der Waals surface area (Å²) in [5, 5.41) is 5.93. The van der Waals surface area contributed by atoms with Crippen LogP contribution >= 0.6 is 0 Å². The van der Waals surface area contributed by atoms with Gasteiger partial charge in [-0.2, -0.15) is 0 Å². The summed E-state index contributed by atoms with van der Waals surface area (Å²) < 4.78 is 5.22. The number of hydrogen-bond donors (Lipinski definition) is 2. The van der Waals surface area contributed by atoms with E-state index in [1.807, 2.05) is 0 Å². The summed E-state index contributed by atoms with van der Waals surface area (Å²) in [7, 11) is 0. The maximum Gasteiger partial charge on any atom is 0.408 e. The normalized spacial score (nSPS) is 28.6. The first-order valence-corrected chi connectivity index (χ1v) is 6.37. The first-order valence-electron chi connectivity index (χ1n) is 6.37. The van der Waals surface area contributed by atoms with E-state index in [1.165, 1.54) is 6.92 Å². The van der Waals surface area contributed by atoms with Gasteiger partial charge < -0.3 is 15.4 Å². The number of ketones is 1. The number of rotatable bonds is 2. The molecule has 1 rings (SSSR count). The van der Waals surface area contributed by atoms with Gasteiger partial charge in [0.05, 0.1) is 0 Å². The van der Waals surface area contributed by atoms with Crippen LogP contribution in [0.5, 0.6) is 0 Å². The van der Waals surface area contributed by atoms with Crippen molar-refractivity contribution in [2.45, 2.75) is 52.2 Å². The van der Waals surface area contributed by atoms with Crippen LogP contribution in [0.4, 0.5) is 4.79 Å². The Kier molecular flexibility index (Phi) is 4.37. The van der Waals surface area contributed by atoms with Gasteiger partial charge in [0.15, 0.2) is 5.78 Å². The van der Waals surface area contributed by atoms with Crippen LogP contribution in [0.15, 0.2) is 0 Å². The summed E-state index contributed by atoms with van der Waals surface area (Å²) in [4.78, 5) is 23.7. The molecule has 0 aromatic heterocycles. The Balaban J connectivity index is 2.74. The predicted octanol–water partition coefficient (Wildman–Crippen LogP) is 1.47. The fourth-order valence-electron chi connectivity index (χ4n) is 2.22. The van der Waals surface area contributed by atoms with Gasteiger partial charge in [0.1, 0.15) is 11.1 Å². The van der Waals surface area contributed by atoms with Crippen molar-refractivity contribution in [3.05, 3.63) is 0 Å². The molecule has 2 N–H and O–H groups in total. The Morgan fingerprint density at radius 3 is 2.44 bits per heavy atom. The molecule has 0 spiro atoms. The number of nitrogens with one attached hydrogen (secondary N) is 2. The molecule has 1 amide bonds. The molecule has 1 heterocycles. The summed E-state index contributed by atoms with van der Waals surface area (Å²) in [5.74, 6) is 0.310. The van der Waals surface area contributed by atoms with Crippen LogP contribution in [-0.4, -0.2) is 36.1 Å². The topological polar surface area (TPSA) is 67.4 Å². The third-order valence-corrected chi connectivity index (χ3v) is 3.03. The number of alkyl carbamates (subject to hydrolysis) is 1. The fraction of sp³-hybridized carbons (Fsp3) is 0.846. The Morgan fingerprint density at radius 1 is 1.39 bits per heavy atom. The number of amides is 1. The van der Waals surface area contributed by atoms with Crippen LogP contribution in [0, 0.1) is 5.92 Å². The molecule has 0 aromatic rings. The van der Waals surface area contributed by atoms with Crippen LogP contribution in [0.25, 0.3) is 0 Å². The molecule has 0 saturated carbocycles.